The summed E-state index contributed by atoms with van der Waals surface area (Å²) in [6, 6.07) is 20.6. The van der Waals surface area contributed by atoms with Gasteiger partial charge >= 0.3 is 5.76 Å². The van der Waals surface area contributed by atoms with Crippen molar-refractivity contribution in [1.29, 1.82) is 0 Å². The molecule has 2 heterocycles. The standard InChI is InChI=1S/C23H20N4O4S/c1-26-18-11-7-6-10-17(18)24-22(26)21(15-8-4-3-5-9-15)25-32(29,30)16-12-13-19-20(14-16)31-23(28)27(19)2/h3-14,21,25H,1-2H3. The number of hydrogen-bond acceptors (Lipinski definition) is 5. The highest BCUT2D eigenvalue weighted by molar-refractivity contribution is 7.89. The van der Waals surface area contributed by atoms with Crippen molar-refractivity contribution in [2.45, 2.75) is 10.9 Å². The average molecular weight is 449 g/mol. The Labute approximate surface area is 183 Å². The van der Waals surface area contributed by atoms with E-state index in [0.717, 1.165) is 16.6 Å². The van der Waals surface area contributed by atoms with Crippen molar-refractivity contribution in [1.82, 2.24) is 18.8 Å². The zero-order valence-corrected chi connectivity index (χ0v) is 18.2. The number of oxazole rings is 1. The molecule has 0 fully saturated rings. The third-order valence-electron chi connectivity index (χ3n) is 5.56. The van der Waals surface area contributed by atoms with E-state index < -0.39 is 21.8 Å². The molecule has 1 unspecified atom stereocenters. The van der Waals surface area contributed by atoms with Gasteiger partial charge in [-0.1, -0.05) is 42.5 Å². The van der Waals surface area contributed by atoms with Gasteiger partial charge in [-0.25, -0.2) is 18.2 Å². The summed E-state index contributed by atoms with van der Waals surface area (Å²) in [6.07, 6.45) is 0. The first-order valence-electron chi connectivity index (χ1n) is 9.93. The second-order valence-corrected chi connectivity index (χ2v) is 9.25. The first kappa shape index (κ1) is 20.2. The Balaban J connectivity index is 1.62. The summed E-state index contributed by atoms with van der Waals surface area (Å²) in [5, 5.41) is 0. The van der Waals surface area contributed by atoms with Gasteiger partial charge in [0.25, 0.3) is 0 Å². The molecule has 32 heavy (non-hydrogen) atoms. The maximum Gasteiger partial charge on any atom is 0.419 e. The fourth-order valence-electron chi connectivity index (χ4n) is 3.84. The molecule has 0 aliphatic rings. The second-order valence-electron chi connectivity index (χ2n) is 7.54. The molecule has 0 spiro atoms. The van der Waals surface area contributed by atoms with E-state index in [1.165, 1.54) is 16.7 Å². The first-order chi connectivity index (χ1) is 15.3. The highest BCUT2D eigenvalue weighted by Gasteiger charge is 2.27. The van der Waals surface area contributed by atoms with E-state index in [4.69, 9.17) is 9.40 Å². The molecule has 0 amide bonds. The fraction of sp³-hybridized carbons (Fsp3) is 0.130. The molecule has 0 bridgehead atoms. The van der Waals surface area contributed by atoms with Crippen LogP contribution in [0, 0.1) is 0 Å². The highest BCUT2D eigenvalue weighted by atomic mass is 32.2. The Hall–Kier alpha value is -3.69. The van der Waals surface area contributed by atoms with Crippen molar-refractivity contribution in [3.05, 3.63) is 94.7 Å². The summed E-state index contributed by atoms with van der Waals surface area (Å²) >= 11 is 0. The predicted octanol–water partition coefficient (Wildman–Crippen LogP) is 3.09. The van der Waals surface area contributed by atoms with Gasteiger partial charge in [0.15, 0.2) is 5.58 Å². The van der Waals surface area contributed by atoms with Gasteiger partial charge in [0.2, 0.25) is 10.0 Å². The normalized spacial score (nSPS) is 13.1. The molecule has 5 aromatic rings. The van der Waals surface area contributed by atoms with Crippen LogP contribution < -0.4 is 10.5 Å². The molecule has 162 valence electrons. The number of fused-ring (bicyclic) bond motifs is 2. The van der Waals surface area contributed by atoms with E-state index in [1.54, 1.807) is 13.1 Å². The molecule has 2 aromatic heterocycles. The molecular formula is C23H20N4O4S. The number of nitrogens with zero attached hydrogens (tertiary/aromatic N) is 3. The van der Waals surface area contributed by atoms with Crippen LogP contribution in [0.4, 0.5) is 0 Å². The van der Waals surface area contributed by atoms with Crippen LogP contribution >= 0.6 is 0 Å². The predicted molar refractivity (Wildman–Crippen MR) is 121 cm³/mol. The largest absolute Gasteiger partial charge is 0.419 e. The molecule has 0 aliphatic carbocycles. The average Bonchev–Trinajstić information content (AvgIpc) is 3.28. The van der Waals surface area contributed by atoms with Crippen molar-refractivity contribution in [2.24, 2.45) is 14.1 Å². The minimum Gasteiger partial charge on any atom is -0.408 e. The van der Waals surface area contributed by atoms with Crippen molar-refractivity contribution in [3.8, 4) is 0 Å². The summed E-state index contributed by atoms with van der Waals surface area (Å²) < 4.78 is 37.9. The fourth-order valence-corrected chi connectivity index (χ4v) is 5.04. The molecule has 0 aliphatic heterocycles. The van der Waals surface area contributed by atoms with E-state index >= 15 is 0 Å². The van der Waals surface area contributed by atoms with Crippen LogP contribution in [0.2, 0.25) is 0 Å². The number of nitrogens with one attached hydrogen (secondary N) is 1. The van der Waals surface area contributed by atoms with Crippen LogP contribution in [0.15, 0.2) is 86.9 Å². The topological polar surface area (TPSA) is 99.1 Å². The smallest absolute Gasteiger partial charge is 0.408 e. The van der Waals surface area contributed by atoms with Gasteiger partial charge in [-0.3, -0.25) is 4.57 Å². The Morgan fingerprint density at radius 1 is 0.906 bits per heavy atom. The molecule has 1 atom stereocenters. The quantitative estimate of drug-likeness (QED) is 0.445. The second kappa shape index (κ2) is 7.47. The van der Waals surface area contributed by atoms with Gasteiger partial charge in [0, 0.05) is 20.2 Å². The van der Waals surface area contributed by atoms with Crippen molar-refractivity contribution in [3.63, 3.8) is 0 Å². The van der Waals surface area contributed by atoms with E-state index in [1.807, 2.05) is 66.2 Å². The van der Waals surface area contributed by atoms with Crippen molar-refractivity contribution >= 4 is 32.2 Å². The van der Waals surface area contributed by atoms with Crippen molar-refractivity contribution in [2.75, 3.05) is 0 Å². The summed E-state index contributed by atoms with van der Waals surface area (Å²) in [5.41, 5.74) is 3.15. The minimum atomic E-state index is -3.98. The number of benzene rings is 3. The number of para-hydroxylation sites is 2. The zero-order valence-electron chi connectivity index (χ0n) is 17.4. The van der Waals surface area contributed by atoms with Crippen LogP contribution in [-0.4, -0.2) is 22.5 Å². The van der Waals surface area contributed by atoms with E-state index in [-0.39, 0.29) is 10.5 Å². The summed E-state index contributed by atoms with van der Waals surface area (Å²) in [6.45, 7) is 0. The number of rotatable bonds is 5. The summed E-state index contributed by atoms with van der Waals surface area (Å²) in [5.74, 6) is 0.0117. The molecular weight excluding hydrogens is 428 g/mol. The monoisotopic (exact) mass is 448 g/mol. The first-order valence-corrected chi connectivity index (χ1v) is 11.4. The van der Waals surface area contributed by atoms with Gasteiger partial charge in [-0.05, 0) is 29.8 Å². The third-order valence-corrected chi connectivity index (χ3v) is 6.98. The number of imidazole rings is 1. The number of aromatic nitrogens is 3. The molecule has 0 saturated carbocycles. The number of aryl methyl sites for hydroxylation is 2. The van der Waals surface area contributed by atoms with Crippen LogP contribution in [0.3, 0.4) is 0 Å². The van der Waals surface area contributed by atoms with Gasteiger partial charge in [0.05, 0.1) is 21.4 Å². The molecule has 9 heteroatoms. The molecule has 1 N–H and O–H groups in total. The van der Waals surface area contributed by atoms with E-state index in [9.17, 15) is 13.2 Å². The maximum atomic E-state index is 13.4. The summed E-state index contributed by atoms with van der Waals surface area (Å²) in [4.78, 5) is 16.5. The van der Waals surface area contributed by atoms with Crippen LogP contribution in [-0.2, 0) is 24.1 Å². The lowest BCUT2D eigenvalue weighted by atomic mass is 10.1. The maximum absolute atomic E-state index is 13.4. The molecule has 3 aromatic carbocycles. The van der Waals surface area contributed by atoms with Crippen LogP contribution in [0.1, 0.15) is 17.4 Å². The zero-order chi connectivity index (χ0) is 22.5. The third kappa shape index (κ3) is 3.31. The Morgan fingerprint density at radius 2 is 1.62 bits per heavy atom. The highest BCUT2D eigenvalue weighted by Crippen LogP contribution is 2.27. The van der Waals surface area contributed by atoms with Crippen LogP contribution in [0.5, 0.6) is 0 Å². The van der Waals surface area contributed by atoms with E-state index in [2.05, 4.69) is 4.72 Å². The van der Waals surface area contributed by atoms with E-state index in [0.29, 0.717) is 11.3 Å². The molecule has 0 radical (unpaired) electrons. The van der Waals surface area contributed by atoms with Gasteiger partial charge in [-0.15, -0.1) is 0 Å². The molecule has 8 nitrogen and oxygen atoms in total. The lowest BCUT2D eigenvalue weighted by molar-refractivity contribution is 0.527. The number of hydrogen-bond donors (Lipinski definition) is 1. The molecule has 0 saturated heterocycles. The lowest BCUT2D eigenvalue weighted by Crippen LogP contribution is -2.31. The summed E-state index contributed by atoms with van der Waals surface area (Å²) in [7, 11) is -0.552. The van der Waals surface area contributed by atoms with Gasteiger partial charge in [-0.2, -0.15) is 4.72 Å². The van der Waals surface area contributed by atoms with Crippen LogP contribution in [0.25, 0.3) is 22.1 Å². The van der Waals surface area contributed by atoms with Gasteiger partial charge in [0.1, 0.15) is 11.9 Å². The lowest BCUT2D eigenvalue weighted by Gasteiger charge is -2.19. The van der Waals surface area contributed by atoms with Crippen molar-refractivity contribution < 1.29 is 12.8 Å². The Morgan fingerprint density at radius 3 is 2.38 bits per heavy atom. The number of sulfonamides is 1. The SMILES string of the molecule is Cn1c(C(NS(=O)(=O)c2ccc3c(c2)oc(=O)n3C)c2ccccc2)nc2ccccc21. The Kier molecular flexibility index (Phi) is 4.72. The molecule has 5 rings (SSSR count). The Bertz CT molecular complexity index is 1610. The van der Waals surface area contributed by atoms with Gasteiger partial charge < -0.3 is 8.98 Å². The minimum absolute atomic E-state index is 0.000884.